The lowest BCUT2D eigenvalue weighted by Crippen LogP contribution is -2.55. The van der Waals surface area contributed by atoms with E-state index in [9.17, 15) is 9.90 Å². The SMILES string of the molecule is CC(C)[C@@]1(O)CCC[C@]12CCCOC2=O. The molecule has 0 radical (unpaired) electrons. The van der Waals surface area contributed by atoms with Crippen molar-refractivity contribution in [3.63, 3.8) is 0 Å². The molecule has 1 heterocycles. The van der Waals surface area contributed by atoms with Crippen LogP contribution in [0.2, 0.25) is 0 Å². The summed E-state index contributed by atoms with van der Waals surface area (Å²) in [5.41, 5.74) is -1.44. The zero-order valence-corrected chi connectivity index (χ0v) is 9.58. The third-order valence-corrected chi connectivity index (χ3v) is 4.32. The summed E-state index contributed by atoms with van der Waals surface area (Å²) in [7, 11) is 0. The van der Waals surface area contributed by atoms with Crippen LogP contribution in [0.4, 0.5) is 0 Å². The van der Waals surface area contributed by atoms with Crippen molar-refractivity contribution in [2.75, 3.05) is 6.61 Å². The normalized spacial score (nSPS) is 41.2. The summed E-state index contributed by atoms with van der Waals surface area (Å²) in [5.74, 6) is -0.0481. The van der Waals surface area contributed by atoms with Gasteiger partial charge in [0.1, 0.15) is 0 Å². The molecule has 1 saturated heterocycles. The molecular weight excluding hydrogens is 192 g/mol. The van der Waals surface area contributed by atoms with Crippen LogP contribution in [-0.4, -0.2) is 23.3 Å². The van der Waals surface area contributed by atoms with E-state index >= 15 is 0 Å². The zero-order valence-electron chi connectivity index (χ0n) is 9.58. The lowest BCUT2D eigenvalue weighted by atomic mass is 9.65. The maximum Gasteiger partial charge on any atom is 0.315 e. The fourth-order valence-corrected chi connectivity index (χ4v) is 3.36. The van der Waals surface area contributed by atoms with E-state index in [1.807, 2.05) is 13.8 Å². The van der Waals surface area contributed by atoms with Crippen molar-refractivity contribution in [2.24, 2.45) is 11.3 Å². The molecule has 1 N–H and O–H groups in total. The molecule has 0 aromatic rings. The smallest absolute Gasteiger partial charge is 0.315 e. The lowest BCUT2D eigenvalue weighted by Gasteiger charge is -2.45. The van der Waals surface area contributed by atoms with Crippen molar-refractivity contribution in [1.82, 2.24) is 0 Å². The van der Waals surface area contributed by atoms with E-state index in [0.717, 1.165) is 32.1 Å². The molecule has 2 aliphatic rings. The molecule has 0 unspecified atom stereocenters. The first kappa shape index (κ1) is 10.9. The fourth-order valence-electron chi connectivity index (χ4n) is 3.36. The Bertz CT molecular complexity index is 274. The topological polar surface area (TPSA) is 46.5 Å². The van der Waals surface area contributed by atoms with E-state index in [1.165, 1.54) is 0 Å². The minimum Gasteiger partial charge on any atom is -0.465 e. The Morgan fingerprint density at radius 2 is 1.93 bits per heavy atom. The van der Waals surface area contributed by atoms with Gasteiger partial charge >= 0.3 is 5.97 Å². The molecule has 0 amide bonds. The first-order valence-electron chi connectivity index (χ1n) is 5.92. The maximum absolute atomic E-state index is 12.0. The third-order valence-electron chi connectivity index (χ3n) is 4.32. The number of hydrogen-bond acceptors (Lipinski definition) is 3. The highest BCUT2D eigenvalue weighted by Crippen LogP contribution is 2.55. The minimum absolute atomic E-state index is 0.116. The Morgan fingerprint density at radius 3 is 2.53 bits per heavy atom. The molecule has 0 aromatic carbocycles. The molecule has 86 valence electrons. The van der Waals surface area contributed by atoms with Gasteiger partial charge in [0.25, 0.3) is 0 Å². The number of aliphatic hydroxyl groups is 1. The highest BCUT2D eigenvalue weighted by atomic mass is 16.5. The predicted molar refractivity (Wildman–Crippen MR) is 56.3 cm³/mol. The predicted octanol–water partition coefficient (Wildman–Crippen LogP) is 1.88. The standard InChI is InChI=1S/C12H20O3/c1-9(2)12(14)7-3-5-11(12)6-4-8-15-10(11)13/h9,14H,3-8H2,1-2H3/t11-,12+/m1/s1. The van der Waals surface area contributed by atoms with E-state index in [0.29, 0.717) is 6.61 Å². The molecule has 0 bridgehead atoms. The maximum atomic E-state index is 12.0. The van der Waals surface area contributed by atoms with Gasteiger partial charge in [0, 0.05) is 0 Å². The quantitative estimate of drug-likeness (QED) is 0.675. The van der Waals surface area contributed by atoms with Crippen LogP contribution in [0.5, 0.6) is 0 Å². The van der Waals surface area contributed by atoms with Crippen LogP contribution in [0.3, 0.4) is 0 Å². The van der Waals surface area contributed by atoms with Crippen LogP contribution < -0.4 is 0 Å². The number of esters is 1. The van der Waals surface area contributed by atoms with E-state index in [4.69, 9.17) is 4.74 Å². The van der Waals surface area contributed by atoms with Crippen molar-refractivity contribution in [3.8, 4) is 0 Å². The number of carbonyl (C=O) groups is 1. The van der Waals surface area contributed by atoms with E-state index in [-0.39, 0.29) is 11.9 Å². The number of hydrogen-bond donors (Lipinski definition) is 1. The molecule has 15 heavy (non-hydrogen) atoms. The Hall–Kier alpha value is -0.570. The van der Waals surface area contributed by atoms with Gasteiger partial charge in [-0.1, -0.05) is 13.8 Å². The van der Waals surface area contributed by atoms with Crippen molar-refractivity contribution in [2.45, 2.75) is 51.6 Å². The van der Waals surface area contributed by atoms with Crippen molar-refractivity contribution >= 4 is 5.97 Å². The fraction of sp³-hybridized carbons (Fsp3) is 0.917. The van der Waals surface area contributed by atoms with E-state index in [1.54, 1.807) is 0 Å². The van der Waals surface area contributed by atoms with Gasteiger partial charge < -0.3 is 9.84 Å². The van der Waals surface area contributed by atoms with Gasteiger partial charge in [-0.2, -0.15) is 0 Å². The molecule has 2 rings (SSSR count). The highest BCUT2D eigenvalue weighted by molar-refractivity contribution is 5.79. The average molecular weight is 212 g/mol. The van der Waals surface area contributed by atoms with Crippen molar-refractivity contribution in [1.29, 1.82) is 0 Å². The largest absolute Gasteiger partial charge is 0.465 e. The average Bonchev–Trinajstić information content (AvgIpc) is 2.52. The number of rotatable bonds is 1. The number of ether oxygens (including phenoxy) is 1. The summed E-state index contributed by atoms with van der Waals surface area (Å²) in [4.78, 5) is 12.0. The summed E-state index contributed by atoms with van der Waals surface area (Å²) in [6.45, 7) is 4.51. The van der Waals surface area contributed by atoms with Crippen LogP contribution in [0.1, 0.15) is 46.0 Å². The van der Waals surface area contributed by atoms with E-state index in [2.05, 4.69) is 0 Å². The Kier molecular flexibility index (Phi) is 2.53. The van der Waals surface area contributed by atoms with Gasteiger partial charge in [0.05, 0.1) is 17.6 Å². The first-order valence-corrected chi connectivity index (χ1v) is 5.92. The minimum atomic E-state index is -0.843. The molecular formula is C12H20O3. The van der Waals surface area contributed by atoms with Crippen molar-refractivity contribution < 1.29 is 14.6 Å². The molecule has 1 aliphatic heterocycles. The number of cyclic esters (lactones) is 1. The summed E-state index contributed by atoms with van der Waals surface area (Å²) in [5, 5.41) is 10.7. The summed E-state index contributed by atoms with van der Waals surface area (Å²) < 4.78 is 5.16. The second-order valence-electron chi connectivity index (χ2n) is 5.25. The first-order chi connectivity index (χ1) is 7.03. The van der Waals surface area contributed by atoms with Crippen LogP contribution in [0.15, 0.2) is 0 Å². The highest BCUT2D eigenvalue weighted by Gasteiger charge is 2.61. The van der Waals surface area contributed by atoms with Gasteiger partial charge in [0.2, 0.25) is 0 Å². The monoisotopic (exact) mass is 212 g/mol. The van der Waals surface area contributed by atoms with Gasteiger partial charge in [-0.05, 0) is 38.0 Å². The third kappa shape index (κ3) is 1.32. The van der Waals surface area contributed by atoms with Gasteiger partial charge in [0.15, 0.2) is 0 Å². The Morgan fingerprint density at radius 1 is 1.27 bits per heavy atom. The van der Waals surface area contributed by atoms with Crippen molar-refractivity contribution in [3.05, 3.63) is 0 Å². The molecule has 3 nitrogen and oxygen atoms in total. The Labute approximate surface area is 90.8 Å². The summed E-state index contributed by atoms with van der Waals surface area (Å²) in [6.07, 6.45) is 4.14. The molecule has 2 atom stereocenters. The molecule has 2 fully saturated rings. The second-order valence-corrected chi connectivity index (χ2v) is 5.25. The van der Waals surface area contributed by atoms with Crippen LogP contribution in [-0.2, 0) is 9.53 Å². The summed E-state index contributed by atoms with van der Waals surface area (Å²) >= 11 is 0. The van der Waals surface area contributed by atoms with Crippen LogP contribution in [0, 0.1) is 11.3 Å². The van der Waals surface area contributed by atoms with E-state index < -0.39 is 11.0 Å². The van der Waals surface area contributed by atoms with Gasteiger partial charge in [-0.15, -0.1) is 0 Å². The summed E-state index contributed by atoms with van der Waals surface area (Å²) in [6, 6.07) is 0. The Balaban J connectivity index is 2.36. The van der Waals surface area contributed by atoms with Crippen LogP contribution >= 0.6 is 0 Å². The van der Waals surface area contributed by atoms with Gasteiger partial charge in [-0.3, -0.25) is 4.79 Å². The zero-order chi connectivity index (χ0) is 11.1. The molecule has 0 aromatic heterocycles. The second kappa shape index (κ2) is 3.48. The molecule has 1 aliphatic carbocycles. The molecule has 3 heteroatoms. The lowest BCUT2D eigenvalue weighted by molar-refractivity contribution is -0.187. The molecule has 1 spiro atoms. The van der Waals surface area contributed by atoms with Gasteiger partial charge in [-0.25, -0.2) is 0 Å². The molecule has 1 saturated carbocycles. The van der Waals surface area contributed by atoms with Crippen LogP contribution in [0.25, 0.3) is 0 Å². The number of carbonyl (C=O) groups excluding carboxylic acids is 1.